The van der Waals surface area contributed by atoms with Crippen LogP contribution < -0.4 is 16.0 Å². The predicted octanol–water partition coefficient (Wildman–Crippen LogP) is 6.39. The lowest BCUT2D eigenvalue weighted by Gasteiger charge is -2.32. The number of para-hydroxylation sites is 1. The third kappa shape index (κ3) is 2.67. The van der Waals surface area contributed by atoms with Crippen molar-refractivity contribution < 1.29 is 13.7 Å². The molecule has 0 spiro atoms. The molecule has 3 aromatic heterocycles. The highest BCUT2D eigenvalue weighted by Gasteiger charge is 2.51. The van der Waals surface area contributed by atoms with Gasteiger partial charge in [-0.25, -0.2) is 0 Å². The molecule has 1 aliphatic heterocycles. The van der Waals surface area contributed by atoms with E-state index < -0.39 is 7.12 Å². The van der Waals surface area contributed by atoms with Crippen LogP contribution in [0.25, 0.3) is 72.1 Å². The molecule has 4 aromatic carbocycles. The van der Waals surface area contributed by atoms with Crippen LogP contribution in [0, 0.1) is 0 Å². The molecular weight excluding hydrogens is 481 g/mol. The standard InChI is InChI=1S/C34H28BNO3/c1-33(2)34(3,4)39-35(38-33)19-12-13-24-29(18-19)37-28-17-15-21-22(31(24)28)14-16-27-30(21)25-10-7-9-23-20-8-5-6-11-26(20)36(27)32(23)25/h7-18H,5-6H2,1-4H3. The molecule has 4 heterocycles. The maximum Gasteiger partial charge on any atom is 0.494 e. The molecule has 1 aliphatic carbocycles. The highest BCUT2D eigenvalue weighted by Crippen LogP contribution is 2.41. The number of nitrogens with zero attached hydrogens (tertiary/aromatic N) is 1. The van der Waals surface area contributed by atoms with Crippen molar-refractivity contribution in [2.75, 3.05) is 0 Å². The second-order valence-electron chi connectivity index (χ2n) is 12.3. The van der Waals surface area contributed by atoms with Crippen LogP contribution >= 0.6 is 0 Å². The Morgan fingerprint density at radius 1 is 0.692 bits per heavy atom. The quantitative estimate of drug-likeness (QED) is 0.241. The molecule has 1 saturated heterocycles. The summed E-state index contributed by atoms with van der Waals surface area (Å²) in [5, 5.41) is 11.5. The van der Waals surface area contributed by atoms with Crippen molar-refractivity contribution in [3.8, 4) is 0 Å². The van der Waals surface area contributed by atoms with Gasteiger partial charge in [0.1, 0.15) is 11.2 Å². The number of furan rings is 1. The highest BCUT2D eigenvalue weighted by atomic mass is 16.7. The molecule has 2 aliphatic rings. The van der Waals surface area contributed by atoms with Gasteiger partial charge in [-0.2, -0.15) is 0 Å². The molecule has 0 amide bonds. The van der Waals surface area contributed by atoms with Gasteiger partial charge in [-0.3, -0.25) is 0 Å². The first-order valence-electron chi connectivity index (χ1n) is 13.9. The number of hydrogen-bond donors (Lipinski definition) is 0. The fraction of sp³-hybridized carbons (Fsp3) is 0.235. The van der Waals surface area contributed by atoms with Gasteiger partial charge in [0, 0.05) is 37.5 Å². The fourth-order valence-electron chi connectivity index (χ4n) is 6.98. The molecular formula is C34H28BNO3. The smallest absolute Gasteiger partial charge is 0.456 e. The Balaban J connectivity index is 1.32. The van der Waals surface area contributed by atoms with Gasteiger partial charge in [-0.15, -0.1) is 0 Å². The number of aromatic nitrogens is 1. The van der Waals surface area contributed by atoms with Crippen LogP contribution in [0.1, 0.15) is 40.5 Å². The molecule has 0 unspecified atom stereocenters. The van der Waals surface area contributed by atoms with Crippen molar-refractivity contribution in [2.45, 2.75) is 51.7 Å². The van der Waals surface area contributed by atoms with Crippen molar-refractivity contribution in [1.82, 2.24) is 4.40 Å². The van der Waals surface area contributed by atoms with E-state index in [9.17, 15) is 0 Å². The van der Waals surface area contributed by atoms with Gasteiger partial charge < -0.3 is 18.1 Å². The normalized spacial score (nSPS) is 18.6. The topological polar surface area (TPSA) is 36.0 Å². The van der Waals surface area contributed by atoms with Crippen LogP contribution in [0.15, 0.2) is 65.1 Å². The average molecular weight is 509 g/mol. The van der Waals surface area contributed by atoms with Crippen LogP contribution in [-0.4, -0.2) is 22.7 Å². The summed E-state index contributed by atoms with van der Waals surface area (Å²) in [5.41, 5.74) is 4.59. The van der Waals surface area contributed by atoms with E-state index in [0.717, 1.165) is 40.2 Å². The zero-order valence-electron chi connectivity index (χ0n) is 22.6. The molecule has 0 bridgehead atoms. The van der Waals surface area contributed by atoms with Crippen LogP contribution in [0.4, 0.5) is 0 Å². The Bertz CT molecular complexity index is 2290. The Hall–Kier alpha value is -3.80. The lowest BCUT2D eigenvalue weighted by Crippen LogP contribution is -2.41. The summed E-state index contributed by atoms with van der Waals surface area (Å²) >= 11 is 0. The van der Waals surface area contributed by atoms with Crippen molar-refractivity contribution in [2.24, 2.45) is 0 Å². The molecule has 9 rings (SSSR count). The third-order valence-electron chi connectivity index (χ3n) is 9.59. The lowest BCUT2D eigenvalue weighted by atomic mass is 9.79. The molecule has 39 heavy (non-hydrogen) atoms. The Labute approximate surface area is 225 Å². The average Bonchev–Trinajstić information content (AvgIpc) is 3.63. The second-order valence-corrected chi connectivity index (χ2v) is 12.3. The van der Waals surface area contributed by atoms with Crippen LogP contribution in [0.5, 0.6) is 0 Å². The van der Waals surface area contributed by atoms with Gasteiger partial charge in [0.25, 0.3) is 0 Å². The van der Waals surface area contributed by atoms with Crippen LogP contribution in [0.2, 0.25) is 0 Å². The van der Waals surface area contributed by atoms with Gasteiger partial charge >= 0.3 is 7.12 Å². The van der Waals surface area contributed by atoms with Gasteiger partial charge in [0.05, 0.1) is 22.2 Å². The van der Waals surface area contributed by atoms with E-state index in [1.807, 2.05) is 0 Å². The van der Waals surface area contributed by atoms with Crippen LogP contribution in [-0.2, 0) is 9.31 Å². The molecule has 0 N–H and O–H groups in total. The molecule has 190 valence electrons. The summed E-state index contributed by atoms with van der Waals surface area (Å²) in [7, 11) is -0.414. The van der Waals surface area contributed by atoms with E-state index in [2.05, 4.69) is 105 Å². The van der Waals surface area contributed by atoms with E-state index in [-0.39, 0.29) is 11.2 Å². The maximum absolute atomic E-state index is 6.44. The molecule has 1 fully saturated rings. The monoisotopic (exact) mass is 509 g/mol. The number of benzene rings is 4. The van der Waals surface area contributed by atoms with E-state index in [0.29, 0.717) is 0 Å². The maximum atomic E-state index is 6.44. The molecule has 5 heteroatoms. The highest BCUT2D eigenvalue weighted by molar-refractivity contribution is 6.62. The summed E-state index contributed by atoms with van der Waals surface area (Å²) in [6, 6.07) is 22.1. The van der Waals surface area contributed by atoms with Crippen molar-refractivity contribution in [3.63, 3.8) is 0 Å². The van der Waals surface area contributed by atoms with E-state index in [4.69, 9.17) is 13.7 Å². The van der Waals surface area contributed by atoms with E-state index >= 15 is 0 Å². The van der Waals surface area contributed by atoms with Gasteiger partial charge in [-0.1, -0.05) is 48.6 Å². The van der Waals surface area contributed by atoms with Crippen molar-refractivity contribution in [3.05, 3.63) is 71.2 Å². The Morgan fingerprint density at radius 3 is 2.26 bits per heavy atom. The Kier molecular flexibility index (Phi) is 3.98. The summed E-state index contributed by atoms with van der Waals surface area (Å²) in [6.45, 7) is 8.34. The second kappa shape index (κ2) is 7.04. The number of rotatable bonds is 1. The number of fused-ring (bicyclic) bond motifs is 12. The minimum absolute atomic E-state index is 0.381. The summed E-state index contributed by atoms with van der Waals surface area (Å²) in [5.74, 6) is 0. The van der Waals surface area contributed by atoms with Gasteiger partial charge in [0.15, 0.2) is 0 Å². The summed E-state index contributed by atoms with van der Waals surface area (Å²) < 4.78 is 21.5. The molecule has 0 radical (unpaired) electrons. The summed E-state index contributed by atoms with van der Waals surface area (Å²) in [4.78, 5) is 0. The fourth-order valence-corrected chi connectivity index (χ4v) is 6.98. The lowest BCUT2D eigenvalue weighted by molar-refractivity contribution is 0.00578. The minimum Gasteiger partial charge on any atom is -0.456 e. The molecule has 0 saturated carbocycles. The zero-order valence-corrected chi connectivity index (χ0v) is 22.6. The SMILES string of the molecule is CC1(C)OB(c2ccc3c(c2)oc2ccc4c(ccc5c4c4cccc6c7c(n5c64)=CCCC=7)c23)OC1(C)C. The van der Waals surface area contributed by atoms with Crippen molar-refractivity contribution >= 4 is 84.6 Å². The third-order valence-corrected chi connectivity index (χ3v) is 9.59. The largest absolute Gasteiger partial charge is 0.494 e. The van der Waals surface area contributed by atoms with E-state index in [1.165, 1.54) is 48.5 Å². The van der Waals surface area contributed by atoms with Gasteiger partial charge in [-0.05, 0) is 81.0 Å². The number of hydrogen-bond acceptors (Lipinski definition) is 3. The Morgan fingerprint density at radius 2 is 1.41 bits per heavy atom. The van der Waals surface area contributed by atoms with Gasteiger partial charge in [0.2, 0.25) is 0 Å². The predicted molar refractivity (Wildman–Crippen MR) is 162 cm³/mol. The molecule has 0 atom stereocenters. The van der Waals surface area contributed by atoms with E-state index in [1.54, 1.807) is 0 Å². The first-order valence-corrected chi connectivity index (χ1v) is 13.9. The van der Waals surface area contributed by atoms with Crippen molar-refractivity contribution in [1.29, 1.82) is 0 Å². The first-order chi connectivity index (χ1) is 18.8. The molecule has 7 aromatic rings. The summed E-state index contributed by atoms with van der Waals surface area (Å²) in [6.07, 6.45) is 7.02. The first kappa shape index (κ1) is 22.1. The minimum atomic E-state index is -0.414. The van der Waals surface area contributed by atoms with Crippen LogP contribution in [0.3, 0.4) is 0 Å². The molecule has 4 nitrogen and oxygen atoms in total. The zero-order chi connectivity index (χ0) is 26.3.